The minimum Gasteiger partial charge on any atom is -0.342 e. The predicted octanol–water partition coefficient (Wildman–Crippen LogP) is 1.14. The number of nitrogens with zero attached hydrogens (tertiary/aromatic N) is 3. The molecular weight excluding hydrogens is 348 g/mol. The number of H-pyrrole nitrogens is 2. The second-order valence-electron chi connectivity index (χ2n) is 6.11. The van der Waals surface area contributed by atoms with Crippen LogP contribution in [-0.2, 0) is 6.54 Å². The first-order valence-electron chi connectivity index (χ1n) is 8.53. The average molecular weight is 368 g/mol. The van der Waals surface area contributed by atoms with Crippen LogP contribution in [0.4, 0.5) is 0 Å². The minimum atomic E-state index is -0.550. The van der Waals surface area contributed by atoms with Crippen LogP contribution < -0.4 is 16.6 Å². The predicted molar refractivity (Wildman–Crippen MR) is 99.4 cm³/mol. The van der Waals surface area contributed by atoms with E-state index < -0.39 is 11.2 Å². The molecule has 1 aromatic carbocycles. The summed E-state index contributed by atoms with van der Waals surface area (Å²) in [5.41, 5.74) is 0.874. The van der Waals surface area contributed by atoms with E-state index in [1.54, 1.807) is 35.9 Å². The number of hydrogen-bond acceptors (Lipinski definition) is 5. The van der Waals surface area contributed by atoms with E-state index in [1.807, 2.05) is 13.8 Å². The normalized spacial score (nSPS) is 12.0. The number of benzene rings is 1. The van der Waals surface area contributed by atoms with Crippen molar-refractivity contribution >= 4 is 5.91 Å². The van der Waals surface area contributed by atoms with E-state index in [9.17, 15) is 14.4 Å². The van der Waals surface area contributed by atoms with Crippen molar-refractivity contribution < 1.29 is 4.79 Å². The van der Waals surface area contributed by atoms with E-state index >= 15 is 0 Å². The van der Waals surface area contributed by atoms with Crippen molar-refractivity contribution in [2.75, 3.05) is 0 Å². The average Bonchev–Trinajstić information content (AvgIpc) is 3.10. The Hall–Kier alpha value is -3.49. The van der Waals surface area contributed by atoms with Crippen LogP contribution in [-0.4, -0.2) is 30.6 Å². The van der Waals surface area contributed by atoms with Crippen molar-refractivity contribution in [3.63, 3.8) is 0 Å². The van der Waals surface area contributed by atoms with Crippen molar-refractivity contribution in [1.82, 2.24) is 30.0 Å². The van der Waals surface area contributed by atoms with Gasteiger partial charge in [0.2, 0.25) is 0 Å². The molecule has 0 saturated carbocycles. The standard InChI is InChI=1S/C18H20N6O3/c1-4-24-15(19-9-20-24)11(3)21-16(25)13-7-5-12(6-8-13)14-10(2)22-18(27)23-17(14)26/h5-9,11H,4H2,1-3H3,(H,21,25)(H2,22,23,26,27). The van der Waals surface area contributed by atoms with Gasteiger partial charge in [0.25, 0.3) is 11.5 Å². The van der Waals surface area contributed by atoms with Gasteiger partial charge < -0.3 is 10.3 Å². The van der Waals surface area contributed by atoms with Gasteiger partial charge in [-0.1, -0.05) is 12.1 Å². The Labute approximate surface area is 154 Å². The third-order valence-electron chi connectivity index (χ3n) is 4.25. The number of rotatable bonds is 5. The zero-order chi connectivity index (χ0) is 19.6. The molecule has 9 heteroatoms. The van der Waals surface area contributed by atoms with Gasteiger partial charge >= 0.3 is 5.69 Å². The van der Waals surface area contributed by atoms with Crippen LogP contribution in [0.3, 0.4) is 0 Å². The lowest BCUT2D eigenvalue weighted by Crippen LogP contribution is -2.29. The van der Waals surface area contributed by atoms with E-state index in [1.165, 1.54) is 6.33 Å². The molecule has 1 atom stereocenters. The number of aryl methyl sites for hydroxylation is 2. The maximum absolute atomic E-state index is 12.5. The molecule has 27 heavy (non-hydrogen) atoms. The van der Waals surface area contributed by atoms with E-state index in [0.29, 0.717) is 34.8 Å². The maximum Gasteiger partial charge on any atom is 0.325 e. The fraction of sp³-hybridized carbons (Fsp3) is 0.278. The van der Waals surface area contributed by atoms with Crippen LogP contribution in [0.5, 0.6) is 0 Å². The molecule has 2 heterocycles. The van der Waals surface area contributed by atoms with Crippen LogP contribution in [0.2, 0.25) is 0 Å². The summed E-state index contributed by atoms with van der Waals surface area (Å²) in [6.07, 6.45) is 1.46. The first-order chi connectivity index (χ1) is 12.9. The highest BCUT2D eigenvalue weighted by atomic mass is 16.2. The number of hydrogen-bond donors (Lipinski definition) is 3. The summed E-state index contributed by atoms with van der Waals surface area (Å²) in [4.78, 5) is 44.8. The van der Waals surface area contributed by atoms with Crippen LogP contribution in [0.15, 0.2) is 40.2 Å². The molecule has 140 valence electrons. The zero-order valence-corrected chi connectivity index (χ0v) is 15.2. The van der Waals surface area contributed by atoms with Gasteiger partial charge in [-0.25, -0.2) is 14.5 Å². The minimum absolute atomic E-state index is 0.258. The smallest absolute Gasteiger partial charge is 0.325 e. The molecule has 3 rings (SSSR count). The summed E-state index contributed by atoms with van der Waals surface area (Å²) in [7, 11) is 0. The monoisotopic (exact) mass is 368 g/mol. The summed E-state index contributed by atoms with van der Waals surface area (Å²) in [5, 5.41) is 6.99. The molecule has 0 aliphatic heterocycles. The number of carbonyl (C=O) groups is 1. The van der Waals surface area contributed by atoms with Crippen molar-refractivity contribution in [2.24, 2.45) is 0 Å². The Morgan fingerprint density at radius 2 is 1.93 bits per heavy atom. The van der Waals surface area contributed by atoms with Gasteiger partial charge in [-0.2, -0.15) is 5.10 Å². The van der Waals surface area contributed by atoms with E-state index in [-0.39, 0.29) is 11.9 Å². The second kappa shape index (κ2) is 7.40. The fourth-order valence-corrected chi connectivity index (χ4v) is 2.93. The fourth-order valence-electron chi connectivity index (χ4n) is 2.93. The molecule has 1 unspecified atom stereocenters. The van der Waals surface area contributed by atoms with Crippen LogP contribution in [0.1, 0.15) is 41.8 Å². The summed E-state index contributed by atoms with van der Waals surface area (Å²) >= 11 is 0. The van der Waals surface area contributed by atoms with Crippen molar-refractivity contribution in [1.29, 1.82) is 0 Å². The molecule has 3 aromatic rings. The topological polar surface area (TPSA) is 126 Å². The summed E-state index contributed by atoms with van der Waals surface area (Å²) in [6.45, 7) is 6.10. The molecule has 3 N–H and O–H groups in total. The highest BCUT2D eigenvalue weighted by molar-refractivity contribution is 5.94. The maximum atomic E-state index is 12.5. The molecule has 9 nitrogen and oxygen atoms in total. The van der Waals surface area contributed by atoms with Gasteiger partial charge in [0, 0.05) is 17.8 Å². The Morgan fingerprint density at radius 1 is 1.22 bits per heavy atom. The third-order valence-corrected chi connectivity index (χ3v) is 4.25. The first kappa shape index (κ1) is 18.3. The van der Waals surface area contributed by atoms with Crippen molar-refractivity contribution in [3.8, 4) is 11.1 Å². The molecule has 1 amide bonds. The molecule has 0 saturated heterocycles. The molecule has 2 aromatic heterocycles. The van der Waals surface area contributed by atoms with Gasteiger partial charge in [-0.15, -0.1) is 0 Å². The molecule has 0 fully saturated rings. The summed E-state index contributed by atoms with van der Waals surface area (Å²) in [6, 6.07) is 6.30. The van der Waals surface area contributed by atoms with Crippen molar-refractivity contribution in [2.45, 2.75) is 33.4 Å². The van der Waals surface area contributed by atoms with Crippen LogP contribution >= 0.6 is 0 Å². The van der Waals surface area contributed by atoms with Crippen LogP contribution in [0.25, 0.3) is 11.1 Å². The lowest BCUT2D eigenvalue weighted by Gasteiger charge is -2.14. The Kier molecular flexibility index (Phi) is 5.02. The Bertz CT molecular complexity index is 1080. The number of aromatic nitrogens is 5. The van der Waals surface area contributed by atoms with Gasteiger partial charge in [0.15, 0.2) is 0 Å². The van der Waals surface area contributed by atoms with Crippen molar-refractivity contribution in [3.05, 3.63) is 68.5 Å². The SMILES string of the molecule is CCn1ncnc1C(C)NC(=O)c1ccc(-c2c(C)[nH]c(=O)[nH]c2=O)cc1. The molecule has 0 bridgehead atoms. The van der Waals surface area contributed by atoms with Crippen LogP contribution in [0, 0.1) is 6.92 Å². The Morgan fingerprint density at radius 3 is 2.56 bits per heavy atom. The first-order valence-corrected chi connectivity index (χ1v) is 8.53. The quantitative estimate of drug-likeness (QED) is 0.623. The lowest BCUT2D eigenvalue weighted by atomic mass is 10.0. The summed E-state index contributed by atoms with van der Waals surface area (Å²) < 4.78 is 1.72. The molecule has 0 spiro atoms. The Balaban J connectivity index is 1.80. The number of nitrogens with one attached hydrogen (secondary N) is 3. The highest BCUT2D eigenvalue weighted by Crippen LogP contribution is 2.18. The highest BCUT2D eigenvalue weighted by Gasteiger charge is 2.16. The van der Waals surface area contributed by atoms with Gasteiger partial charge in [0.05, 0.1) is 11.6 Å². The number of aromatic amines is 2. The zero-order valence-electron chi connectivity index (χ0n) is 15.2. The van der Waals surface area contributed by atoms with E-state index in [2.05, 4.69) is 25.4 Å². The van der Waals surface area contributed by atoms with E-state index in [0.717, 1.165) is 0 Å². The molecule has 0 aliphatic carbocycles. The number of amides is 1. The second-order valence-corrected chi connectivity index (χ2v) is 6.11. The van der Waals surface area contributed by atoms with E-state index in [4.69, 9.17) is 0 Å². The number of carbonyl (C=O) groups excluding carboxylic acids is 1. The third kappa shape index (κ3) is 3.71. The lowest BCUT2D eigenvalue weighted by molar-refractivity contribution is 0.0937. The molecular formula is C18H20N6O3. The van der Waals surface area contributed by atoms with Gasteiger partial charge in [-0.3, -0.25) is 14.6 Å². The molecule has 0 radical (unpaired) electrons. The largest absolute Gasteiger partial charge is 0.342 e. The molecule has 0 aliphatic rings. The van der Waals surface area contributed by atoms with Gasteiger partial charge in [0.1, 0.15) is 12.2 Å². The summed E-state index contributed by atoms with van der Waals surface area (Å²) in [5.74, 6) is 0.421. The van der Waals surface area contributed by atoms with Gasteiger partial charge in [-0.05, 0) is 38.5 Å².